The van der Waals surface area contributed by atoms with Crippen LogP contribution in [0.2, 0.25) is 0 Å². The summed E-state index contributed by atoms with van der Waals surface area (Å²) in [7, 11) is 0. The minimum Gasteiger partial charge on any atom is -0.462 e. The number of nitrogens with zero attached hydrogens (tertiary/aromatic N) is 1. The molecule has 0 heterocycles. The molecule has 8 heteroatoms. The summed E-state index contributed by atoms with van der Waals surface area (Å²) in [5.41, 5.74) is 9.54. The van der Waals surface area contributed by atoms with E-state index in [9.17, 15) is 18.0 Å². The summed E-state index contributed by atoms with van der Waals surface area (Å²) in [5, 5.41) is 0. The van der Waals surface area contributed by atoms with Gasteiger partial charge in [0.2, 0.25) is 0 Å². The van der Waals surface area contributed by atoms with Crippen molar-refractivity contribution >= 4 is 11.9 Å². The van der Waals surface area contributed by atoms with Crippen molar-refractivity contribution in [3.63, 3.8) is 0 Å². The third kappa shape index (κ3) is 6.15. The van der Waals surface area contributed by atoms with Crippen molar-refractivity contribution in [2.45, 2.75) is 19.0 Å². The monoisotopic (exact) mass is 303 g/mol. The molecule has 0 spiro atoms. The number of benzene rings is 1. The van der Waals surface area contributed by atoms with E-state index in [1.165, 1.54) is 0 Å². The number of guanidine groups is 1. The van der Waals surface area contributed by atoms with Crippen LogP contribution < -0.4 is 11.5 Å². The van der Waals surface area contributed by atoms with Crippen LogP contribution >= 0.6 is 0 Å². The number of ether oxygens (including phenoxy) is 1. The predicted molar refractivity (Wildman–Crippen MR) is 71.6 cm³/mol. The van der Waals surface area contributed by atoms with Gasteiger partial charge in [0.25, 0.3) is 0 Å². The molecule has 116 valence electrons. The van der Waals surface area contributed by atoms with E-state index in [4.69, 9.17) is 16.2 Å². The lowest BCUT2D eigenvalue weighted by atomic mass is 10.1. The summed E-state index contributed by atoms with van der Waals surface area (Å²) in [4.78, 5) is 15.3. The Hall–Kier alpha value is -2.25. The Kier molecular flexibility index (Phi) is 6.01. The van der Waals surface area contributed by atoms with Gasteiger partial charge in [-0.3, -0.25) is 4.99 Å². The molecule has 1 aromatic carbocycles. The van der Waals surface area contributed by atoms with Crippen molar-refractivity contribution in [2.24, 2.45) is 16.5 Å². The maximum atomic E-state index is 12.4. The van der Waals surface area contributed by atoms with Gasteiger partial charge in [-0.15, -0.1) is 0 Å². The van der Waals surface area contributed by atoms with Gasteiger partial charge in [-0.2, -0.15) is 13.2 Å². The van der Waals surface area contributed by atoms with Gasteiger partial charge >= 0.3 is 12.1 Å². The van der Waals surface area contributed by atoms with E-state index in [1.807, 2.05) is 0 Å². The molecule has 0 aliphatic carbocycles. The fraction of sp³-hybridized carbons (Fsp3) is 0.385. The van der Waals surface area contributed by atoms with Crippen LogP contribution in [0.15, 0.2) is 29.3 Å². The number of alkyl halides is 3. The van der Waals surface area contributed by atoms with Crippen LogP contribution in [0.1, 0.15) is 28.8 Å². The third-order valence-corrected chi connectivity index (χ3v) is 2.53. The molecule has 0 atom stereocenters. The van der Waals surface area contributed by atoms with Crippen molar-refractivity contribution in [3.05, 3.63) is 35.4 Å². The molecule has 0 bridgehead atoms. The van der Waals surface area contributed by atoms with Gasteiger partial charge in [0.15, 0.2) is 5.96 Å². The van der Waals surface area contributed by atoms with Gasteiger partial charge in [0.05, 0.1) is 17.7 Å². The Labute approximate surface area is 119 Å². The highest BCUT2D eigenvalue weighted by atomic mass is 19.4. The minimum atomic E-state index is -4.42. The first kappa shape index (κ1) is 16.8. The zero-order chi connectivity index (χ0) is 15.9. The highest BCUT2D eigenvalue weighted by molar-refractivity contribution is 5.89. The number of esters is 1. The van der Waals surface area contributed by atoms with Gasteiger partial charge in [0.1, 0.15) is 0 Å². The van der Waals surface area contributed by atoms with Crippen LogP contribution in [0.5, 0.6) is 0 Å². The Morgan fingerprint density at radius 1 is 1.14 bits per heavy atom. The van der Waals surface area contributed by atoms with E-state index in [-0.39, 0.29) is 18.1 Å². The Morgan fingerprint density at radius 3 is 2.29 bits per heavy atom. The maximum Gasteiger partial charge on any atom is 0.416 e. The number of hydrogen-bond donors (Lipinski definition) is 2. The first-order valence-electron chi connectivity index (χ1n) is 6.20. The molecule has 1 rings (SSSR count). The van der Waals surface area contributed by atoms with Crippen LogP contribution in [0.25, 0.3) is 0 Å². The number of carbonyl (C=O) groups excluding carboxylic acids is 1. The van der Waals surface area contributed by atoms with Crippen molar-refractivity contribution in [3.8, 4) is 0 Å². The first-order chi connectivity index (χ1) is 9.80. The number of hydrogen-bond acceptors (Lipinski definition) is 3. The van der Waals surface area contributed by atoms with Crippen molar-refractivity contribution in [1.82, 2.24) is 0 Å². The summed E-state index contributed by atoms with van der Waals surface area (Å²) in [5.74, 6) is -0.665. The number of carbonyl (C=O) groups is 1. The van der Waals surface area contributed by atoms with E-state index in [0.29, 0.717) is 19.4 Å². The normalized spacial score (nSPS) is 11.0. The SMILES string of the molecule is NC(N)=NCCCCOC(=O)c1ccc(C(F)(F)F)cc1. The molecule has 0 fully saturated rings. The number of aliphatic imine (C=N–C) groups is 1. The second kappa shape index (κ2) is 7.51. The Morgan fingerprint density at radius 2 is 1.76 bits per heavy atom. The molecule has 0 radical (unpaired) electrons. The molecule has 5 nitrogen and oxygen atoms in total. The lowest BCUT2D eigenvalue weighted by Gasteiger charge is -2.07. The van der Waals surface area contributed by atoms with E-state index >= 15 is 0 Å². The first-order valence-corrected chi connectivity index (χ1v) is 6.20. The number of halogens is 3. The largest absolute Gasteiger partial charge is 0.462 e. The molecule has 0 aliphatic heterocycles. The molecule has 0 saturated heterocycles. The van der Waals surface area contributed by atoms with Crippen molar-refractivity contribution in [2.75, 3.05) is 13.2 Å². The molecular formula is C13H16F3N3O2. The molecule has 1 aromatic rings. The fourth-order valence-electron chi connectivity index (χ4n) is 1.47. The van der Waals surface area contributed by atoms with Crippen LogP contribution in [0.3, 0.4) is 0 Å². The highest BCUT2D eigenvalue weighted by Gasteiger charge is 2.30. The highest BCUT2D eigenvalue weighted by Crippen LogP contribution is 2.29. The van der Waals surface area contributed by atoms with Gasteiger partial charge in [-0.1, -0.05) is 0 Å². The molecule has 0 amide bonds. The van der Waals surface area contributed by atoms with Crippen LogP contribution in [0, 0.1) is 0 Å². The van der Waals surface area contributed by atoms with Gasteiger partial charge in [-0.25, -0.2) is 4.79 Å². The molecule has 0 aliphatic rings. The average Bonchev–Trinajstić information content (AvgIpc) is 2.41. The number of unbranched alkanes of at least 4 members (excludes halogenated alkanes) is 1. The smallest absolute Gasteiger partial charge is 0.416 e. The Bertz CT molecular complexity index is 494. The van der Waals surface area contributed by atoms with E-state index in [0.717, 1.165) is 24.3 Å². The van der Waals surface area contributed by atoms with Crippen LogP contribution in [-0.4, -0.2) is 25.1 Å². The lowest BCUT2D eigenvalue weighted by Crippen LogP contribution is -2.23. The average molecular weight is 303 g/mol. The lowest BCUT2D eigenvalue weighted by molar-refractivity contribution is -0.137. The second-order valence-electron chi connectivity index (χ2n) is 4.22. The summed E-state index contributed by atoms with van der Waals surface area (Å²) >= 11 is 0. The topological polar surface area (TPSA) is 90.7 Å². The summed E-state index contributed by atoms with van der Waals surface area (Å²) in [6, 6.07) is 3.86. The fourth-order valence-corrected chi connectivity index (χ4v) is 1.47. The summed E-state index contributed by atoms with van der Waals surface area (Å²) < 4.78 is 42.0. The number of rotatable bonds is 6. The molecule has 0 saturated carbocycles. The van der Waals surface area contributed by atoms with Crippen molar-refractivity contribution in [1.29, 1.82) is 0 Å². The third-order valence-electron chi connectivity index (χ3n) is 2.53. The number of nitrogens with two attached hydrogens (primary N) is 2. The molecule has 4 N–H and O–H groups in total. The van der Waals surface area contributed by atoms with Gasteiger partial charge in [-0.05, 0) is 37.1 Å². The minimum absolute atomic E-state index is 0.00301. The van der Waals surface area contributed by atoms with Crippen molar-refractivity contribution < 1.29 is 22.7 Å². The van der Waals surface area contributed by atoms with Crippen LogP contribution in [-0.2, 0) is 10.9 Å². The predicted octanol–water partition coefficient (Wildman–Crippen LogP) is 1.92. The molecule has 21 heavy (non-hydrogen) atoms. The molecule has 0 unspecified atom stereocenters. The van der Waals surface area contributed by atoms with E-state index < -0.39 is 17.7 Å². The molecule has 0 aromatic heterocycles. The maximum absolute atomic E-state index is 12.4. The van der Waals surface area contributed by atoms with Crippen LogP contribution in [0.4, 0.5) is 13.2 Å². The van der Waals surface area contributed by atoms with Gasteiger partial charge < -0.3 is 16.2 Å². The van der Waals surface area contributed by atoms with Gasteiger partial charge in [0, 0.05) is 6.54 Å². The summed E-state index contributed by atoms with van der Waals surface area (Å²) in [6.07, 6.45) is -3.23. The summed E-state index contributed by atoms with van der Waals surface area (Å²) in [6.45, 7) is 0.583. The van der Waals surface area contributed by atoms with E-state index in [1.54, 1.807) is 0 Å². The Balaban J connectivity index is 2.37. The quantitative estimate of drug-likeness (QED) is 0.363. The zero-order valence-corrected chi connectivity index (χ0v) is 11.2. The van der Waals surface area contributed by atoms with E-state index in [2.05, 4.69) is 4.99 Å². The second-order valence-corrected chi connectivity index (χ2v) is 4.22. The zero-order valence-electron chi connectivity index (χ0n) is 11.2. The molecular weight excluding hydrogens is 287 g/mol. The standard InChI is InChI=1S/C13H16F3N3O2/c14-13(15,16)10-5-3-9(4-6-10)11(20)21-8-2-1-7-19-12(17)18/h3-6H,1-2,7-8H2,(H4,17,18,19).